The van der Waals surface area contributed by atoms with Crippen molar-refractivity contribution in [1.29, 1.82) is 0 Å². The van der Waals surface area contributed by atoms with Gasteiger partial charge in [0.05, 0.1) is 5.69 Å². The third-order valence-electron chi connectivity index (χ3n) is 4.29. The van der Waals surface area contributed by atoms with Gasteiger partial charge in [0.25, 0.3) is 5.56 Å². The summed E-state index contributed by atoms with van der Waals surface area (Å²) in [6, 6.07) is 5.71. The molecule has 0 unspecified atom stereocenters. The summed E-state index contributed by atoms with van der Waals surface area (Å²) in [5, 5.41) is 6.00. The lowest BCUT2D eigenvalue weighted by Crippen LogP contribution is -2.33. The van der Waals surface area contributed by atoms with E-state index in [1.807, 2.05) is 45.9 Å². The highest BCUT2D eigenvalue weighted by Crippen LogP contribution is 2.30. The molecule has 2 N–H and O–H groups in total. The Balaban J connectivity index is 2.10. The van der Waals surface area contributed by atoms with Crippen molar-refractivity contribution in [3.05, 3.63) is 40.3 Å². The first-order valence-electron chi connectivity index (χ1n) is 8.68. The molecule has 7 nitrogen and oxygen atoms in total. The minimum Gasteiger partial charge on any atom is -0.361 e. The summed E-state index contributed by atoms with van der Waals surface area (Å²) in [6.07, 6.45) is 1.73. The van der Waals surface area contributed by atoms with Gasteiger partial charge in [0.1, 0.15) is 0 Å². The van der Waals surface area contributed by atoms with Crippen LogP contribution < -0.4 is 21.1 Å². The fraction of sp³-hybridized carbons (Fsp3) is 0.421. The van der Waals surface area contributed by atoms with E-state index in [0.29, 0.717) is 24.6 Å². The normalized spacial score (nSPS) is 14.5. The van der Waals surface area contributed by atoms with Crippen LogP contribution in [0.5, 0.6) is 0 Å². The number of carbonyl (C=O) groups excluding carboxylic acids is 1. The lowest BCUT2D eigenvalue weighted by molar-refractivity contribution is 0.252. The van der Waals surface area contributed by atoms with Crippen LogP contribution in [-0.4, -0.2) is 34.2 Å². The second-order valence-corrected chi connectivity index (χ2v) is 7.60. The summed E-state index contributed by atoms with van der Waals surface area (Å²) >= 11 is 0. The number of aryl methyl sites for hydroxylation is 1. The molecule has 1 aliphatic rings. The molecule has 0 aliphatic carbocycles. The van der Waals surface area contributed by atoms with Gasteiger partial charge in [0.15, 0.2) is 5.82 Å². The Morgan fingerprint density at radius 3 is 2.58 bits per heavy atom. The summed E-state index contributed by atoms with van der Waals surface area (Å²) in [7, 11) is 1.72. The molecule has 138 valence electrons. The Bertz CT molecular complexity index is 911. The maximum absolute atomic E-state index is 12.4. The first-order valence-corrected chi connectivity index (χ1v) is 8.68. The van der Waals surface area contributed by atoms with Crippen LogP contribution in [0.25, 0.3) is 11.3 Å². The van der Waals surface area contributed by atoms with Crippen molar-refractivity contribution in [2.45, 2.75) is 33.2 Å². The average molecular weight is 355 g/mol. The van der Waals surface area contributed by atoms with Gasteiger partial charge in [-0.15, -0.1) is 0 Å². The number of urea groups is 1. The summed E-state index contributed by atoms with van der Waals surface area (Å²) in [4.78, 5) is 30.7. The molecule has 1 aliphatic heterocycles. The highest BCUT2D eigenvalue weighted by molar-refractivity contribution is 5.95. The molecular weight excluding hydrogens is 330 g/mol. The quantitative estimate of drug-likeness (QED) is 0.887. The summed E-state index contributed by atoms with van der Waals surface area (Å²) < 4.78 is 1.53. The Kier molecular flexibility index (Phi) is 4.48. The number of benzene rings is 1. The van der Waals surface area contributed by atoms with Crippen molar-refractivity contribution in [2.75, 3.05) is 23.3 Å². The molecule has 1 aromatic heterocycles. The van der Waals surface area contributed by atoms with Gasteiger partial charge in [-0.2, -0.15) is 0 Å². The van der Waals surface area contributed by atoms with Crippen LogP contribution in [0, 0.1) is 6.92 Å². The van der Waals surface area contributed by atoms with Crippen LogP contribution in [0.3, 0.4) is 0 Å². The topological polar surface area (TPSA) is 79.3 Å². The van der Waals surface area contributed by atoms with E-state index < -0.39 is 0 Å². The standard InChI is InChI=1S/C19H25N5O2/c1-12-13(7-6-8-15(12)24-10-9-20-18(24)26)14-11-23(5)17(25)16(21-14)22-19(2,3)4/h6-8,11H,9-10H2,1-5H3,(H,20,26)(H,21,22). The number of anilines is 2. The molecule has 2 amide bonds. The number of hydrogen-bond donors (Lipinski definition) is 2. The first kappa shape index (κ1) is 18.0. The van der Waals surface area contributed by atoms with Crippen LogP contribution in [0.1, 0.15) is 26.3 Å². The summed E-state index contributed by atoms with van der Waals surface area (Å²) in [6.45, 7) is 9.21. The van der Waals surface area contributed by atoms with Crippen molar-refractivity contribution < 1.29 is 4.79 Å². The summed E-state index contributed by atoms with van der Waals surface area (Å²) in [5.74, 6) is 0.321. The highest BCUT2D eigenvalue weighted by Gasteiger charge is 2.24. The Hall–Kier alpha value is -2.83. The van der Waals surface area contributed by atoms with E-state index in [2.05, 4.69) is 15.6 Å². The fourth-order valence-corrected chi connectivity index (χ4v) is 3.07. The van der Waals surface area contributed by atoms with Gasteiger partial charge < -0.3 is 15.2 Å². The Morgan fingerprint density at radius 1 is 1.23 bits per heavy atom. The predicted molar refractivity (Wildman–Crippen MR) is 104 cm³/mol. The summed E-state index contributed by atoms with van der Waals surface area (Å²) in [5.41, 5.74) is 2.96. The van der Waals surface area contributed by atoms with Crippen LogP contribution in [-0.2, 0) is 7.05 Å². The highest BCUT2D eigenvalue weighted by atomic mass is 16.2. The van der Waals surface area contributed by atoms with Crippen LogP contribution in [0.4, 0.5) is 16.3 Å². The van der Waals surface area contributed by atoms with Gasteiger partial charge in [-0.25, -0.2) is 9.78 Å². The van der Waals surface area contributed by atoms with Crippen molar-refractivity contribution in [3.63, 3.8) is 0 Å². The van der Waals surface area contributed by atoms with E-state index in [9.17, 15) is 9.59 Å². The molecule has 2 aromatic rings. The SMILES string of the molecule is Cc1c(-c2cn(C)c(=O)c(NC(C)(C)C)n2)cccc1N1CCNC1=O. The number of nitrogens with zero attached hydrogens (tertiary/aromatic N) is 3. The van der Waals surface area contributed by atoms with E-state index in [1.54, 1.807) is 18.1 Å². The molecule has 3 rings (SSSR count). The van der Waals surface area contributed by atoms with Gasteiger partial charge >= 0.3 is 6.03 Å². The van der Waals surface area contributed by atoms with Gasteiger partial charge in [-0.1, -0.05) is 12.1 Å². The van der Waals surface area contributed by atoms with Gasteiger partial charge in [0.2, 0.25) is 0 Å². The zero-order chi connectivity index (χ0) is 19.1. The molecule has 26 heavy (non-hydrogen) atoms. The van der Waals surface area contributed by atoms with E-state index in [4.69, 9.17) is 0 Å². The number of nitrogens with one attached hydrogen (secondary N) is 2. The maximum atomic E-state index is 12.4. The van der Waals surface area contributed by atoms with E-state index in [-0.39, 0.29) is 17.1 Å². The lowest BCUT2D eigenvalue weighted by Gasteiger charge is -2.22. The molecule has 1 fully saturated rings. The molecule has 0 radical (unpaired) electrons. The van der Waals surface area contributed by atoms with Gasteiger partial charge in [-0.05, 0) is 39.3 Å². The zero-order valence-electron chi connectivity index (χ0n) is 15.9. The molecule has 2 heterocycles. The number of rotatable bonds is 3. The third-order valence-corrected chi connectivity index (χ3v) is 4.29. The minimum absolute atomic E-state index is 0.0891. The molecule has 0 bridgehead atoms. The first-order chi connectivity index (χ1) is 12.2. The number of hydrogen-bond acceptors (Lipinski definition) is 4. The molecule has 0 atom stereocenters. The second kappa shape index (κ2) is 6.48. The number of aromatic nitrogens is 2. The van der Waals surface area contributed by atoms with E-state index in [1.165, 1.54) is 4.57 Å². The van der Waals surface area contributed by atoms with Crippen LogP contribution >= 0.6 is 0 Å². The van der Waals surface area contributed by atoms with Gasteiger partial charge in [0, 0.05) is 43.1 Å². The van der Waals surface area contributed by atoms with Crippen molar-refractivity contribution in [1.82, 2.24) is 14.9 Å². The number of amides is 2. The Labute approximate surface area is 153 Å². The third kappa shape index (κ3) is 3.42. The number of carbonyl (C=O) groups is 1. The van der Waals surface area contributed by atoms with Crippen molar-refractivity contribution in [3.8, 4) is 11.3 Å². The van der Waals surface area contributed by atoms with Crippen LogP contribution in [0.2, 0.25) is 0 Å². The smallest absolute Gasteiger partial charge is 0.322 e. The monoisotopic (exact) mass is 355 g/mol. The predicted octanol–water partition coefficient (Wildman–Crippen LogP) is 2.50. The zero-order valence-corrected chi connectivity index (χ0v) is 15.9. The van der Waals surface area contributed by atoms with E-state index >= 15 is 0 Å². The Morgan fingerprint density at radius 2 is 1.96 bits per heavy atom. The molecule has 1 aromatic carbocycles. The maximum Gasteiger partial charge on any atom is 0.322 e. The van der Waals surface area contributed by atoms with Crippen molar-refractivity contribution >= 4 is 17.5 Å². The molecule has 1 saturated heterocycles. The van der Waals surface area contributed by atoms with Gasteiger partial charge in [-0.3, -0.25) is 9.69 Å². The van der Waals surface area contributed by atoms with E-state index in [0.717, 1.165) is 16.8 Å². The lowest BCUT2D eigenvalue weighted by atomic mass is 10.0. The van der Waals surface area contributed by atoms with Crippen LogP contribution in [0.15, 0.2) is 29.2 Å². The fourth-order valence-electron chi connectivity index (χ4n) is 3.07. The second-order valence-electron chi connectivity index (χ2n) is 7.60. The molecule has 0 saturated carbocycles. The molecule has 0 spiro atoms. The average Bonchev–Trinajstić information content (AvgIpc) is 2.96. The minimum atomic E-state index is -0.275. The molecular formula is C19H25N5O2. The van der Waals surface area contributed by atoms with Crippen molar-refractivity contribution in [2.24, 2.45) is 7.05 Å². The molecule has 7 heteroatoms. The largest absolute Gasteiger partial charge is 0.361 e.